The highest BCUT2D eigenvalue weighted by Gasteiger charge is 2.12. The van der Waals surface area contributed by atoms with Crippen molar-refractivity contribution in [1.82, 2.24) is 4.98 Å². The van der Waals surface area contributed by atoms with Crippen LogP contribution in [-0.2, 0) is 6.54 Å². The number of benzene rings is 1. The number of hydrogen-bond donors (Lipinski definition) is 2. The molecule has 0 unspecified atom stereocenters. The van der Waals surface area contributed by atoms with Gasteiger partial charge in [-0.1, -0.05) is 15.9 Å². The normalized spacial score (nSPS) is 10.4. The van der Waals surface area contributed by atoms with Crippen molar-refractivity contribution >= 4 is 38.9 Å². The van der Waals surface area contributed by atoms with Gasteiger partial charge < -0.3 is 11.1 Å². The summed E-state index contributed by atoms with van der Waals surface area (Å²) in [6.07, 6.45) is 0. The molecule has 0 aliphatic carbocycles. The molecule has 1 aromatic heterocycles. The maximum absolute atomic E-state index is 13.5. The number of anilines is 1. The Bertz CT molecular complexity index is 587. The lowest BCUT2D eigenvalue weighted by molar-refractivity contribution is 0.102. The van der Waals surface area contributed by atoms with Gasteiger partial charge in [-0.3, -0.25) is 4.79 Å². The van der Waals surface area contributed by atoms with Gasteiger partial charge in [0, 0.05) is 16.4 Å². The third-order valence-corrected chi connectivity index (χ3v) is 3.50. The van der Waals surface area contributed by atoms with Gasteiger partial charge in [-0.05, 0) is 18.2 Å². The average Bonchev–Trinajstić information content (AvgIpc) is 2.81. The molecule has 2 rings (SSSR count). The van der Waals surface area contributed by atoms with Crippen molar-refractivity contribution in [3.8, 4) is 0 Å². The zero-order valence-electron chi connectivity index (χ0n) is 9.11. The van der Waals surface area contributed by atoms with Crippen molar-refractivity contribution in [3.05, 3.63) is 44.6 Å². The standard InChI is InChI=1S/C11H9BrFN3OS/c12-6-1-2-8(7(13)3-6)16-11(17)9-5-18-10(4-14)15-9/h1-3,5H,4,14H2,(H,16,17). The first-order valence-corrected chi connectivity index (χ1v) is 6.68. The maximum atomic E-state index is 13.5. The summed E-state index contributed by atoms with van der Waals surface area (Å²) in [5.74, 6) is -0.959. The van der Waals surface area contributed by atoms with Crippen molar-refractivity contribution in [2.24, 2.45) is 5.73 Å². The molecular weight excluding hydrogens is 321 g/mol. The number of rotatable bonds is 3. The van der Waals surface area contributed by atoms with Crippen molar-refractivity contribution in [2.75, 3.05) is 5.32 Å². The lowest BCUT2D eigenvalue weighted by atomic mass is 10.3. The zero-order chi connectivity index (χ0) is 13.1. The fourth-order valence-corrected chi connectivity index (χ4v) is 2.27. The Balaban J connectivity index is 2.16. The van der Waals surface area contributed by atoms with Gasteiger partial charge in [0.05, 0.1) is 5.69 Å². The Hall–Kier alpha value is -1.31. The second-order valence-electron chi connectivity index (χ2n) is 3.41. The fraction of sp³-hybridized carbons (Fsp3) is 0.0909. The summed E-state index contributed by atoms with van der Waals surface area (Å²) in [6.45, 7) is 0.282. The van der Waals surface area contributed by atoms with Crippen molar-refractivity contribution < 1.29 is 9.18 Å². The molecule has 0 bridgehead atoms. The lowest BCUT2D eigenvalue weighted by Crippen LogP contribution is -2.13. The minimum atomic E-state index is -0.507. The largest absolute Gasteiger partial charge is 0.325 e. The van der Waals surface area contributed by atoms with E-state index >= 15 is 0 Å². The van der Waals surface area contributed by atoms with Crippen LogP contribution < -0.4 is 11.1 Å². The summed E-state index contributed by atoms with van der Waals surface area (Å²) in [7, 11) is 0. The molecule has 0 fully saturated rings. The molecule has 94 valence electrons. The molecule has 4 nitrogen and oxygen atoms in total. The molecule has 3 N–H and O–H groups in total. The average molecular weight is 330 g/mol. The Morgan fingerprint density at radius 1 is 1.56 bits per heavy atom. The monoisotopic (exact) mass is 329 g/mol. The number of aromatic nitrogens is 1. The van der Waals surface area contributed by atoms with Crippen LogP contribution in [0.4, 0.5) is 10.1 Å². The predicted molar refractivity (Wildman–Crippen MR) is 72.1 cm³/mol. The van der Waals surface area contributed by atoms with Crippen LogP contribution in [-0.4, -0.2) is 10.9 Å². The van der Waals surface area contributed by atoms with Crippen LogP contribution >= 0.6 is 27.3 Å². The van der Waals surface area contributed by atoms with Crippen molar-refractivity contribution in [3.63, 3.8) is 0 Å². The van der Waals surface area contributed by atoms with E-state index < -0.39 is 11.7 Å². The molecule has 1 aromatic carbocycles. The van der Waals surface area contributed by atoms with Gasteiger partial charge in [0.15, 0.2) is 0 Å². The van der Waals surface area contributed by atoms with Crippen LogP contribution in [0.1, 0.15) is 15.5 Å². The van der Waals surface area contributed by atoms with E-state index in [4.69, 9.17) is 5.73 Å². The molecule has 0 radical (unpaired) electrons. The van der Waals surface area contributed by atoms with Crippen LogP contribution in [0.15, 0.2) is 28.1 Å². The Labute approximate surface area is 115 Å². The second-order valence-corrected chi connectivity index (χ2v) is 5.27. The summed E-state index contributed by atoms with van der Waals surface area (Å²) in [5.41, 5.74) is 5.76. The third kappa shape index (κ3) is 2.92. The molecule has 2 aromatic rings. The van der Waals surface area contributed by atoms with Gasteiger partial charge in [0.1, 0.15) is 16.5 Å². The SMILES string of the molecule is NCc1nc(C(=O)Nc2ccc(Br)cc2F)cs1. The number of nitrogens with one attached hydrogen (secondary N) is 1. The summed E-state index contributed by atoms with van der Waals surface area (Å²) in [6, 6.07) is 4.40. The first kappa shape index (κ1) is 13.1. The quantitative estimate of drug-likeness (QED) is 0.909. The van der Waals surface area contributed by atoms with Crippen LogP contribution in [0.5, 0.6) is 0 Å². The minimum absolute atomic E-state index is 0.116. The number of halogens is 2. The molecular formula is C11H9BrFN3OS. The van der Waals surface area contributed by atoms with E-state index in [9.17, 15) is 9.18 Å². The highest BCUT2D eigenvalue weighted by molar-refractivity contribution is 9.10. The first-order chi connectivity index (χ1) is 8.60. The molecule has 18 heavy (non-hydrogen) atoms. The van der Waals surface area contributed by atoms with Gasteiger partial charge in [-0.25, -0.2) is 9.37 Å². The van der Waals surface area contributed by atoms with E-state index in [1.165, 1.54) is 23.5 Å². The van der Waals surface area contributed by atoms with Gasteiger partial charge in [-0.2, -0.15) is 0 Å². The third-order valence-electron chi connectivity index (χ3n) is 2.14. The summed E-state index contributed by atoms with van der Waals surface area (Å²) >= 11 is 4.44. The van der Waals surface area contributed by atoms with Crippen LogP contribution in [0.2, 0.25) is 0 Å². The minimum Gasteiger partial charge on any atom is -0.325 e. The first-order valence-electron chi connectivity index (χ1n) is 5.01. The van der Waals surface area contributed by atoms with E-state index in [0.29, 0.717) is 9.48 Å². The summed E-state index contributed by atoms with van der Waals surface area (Å²) in [5, 5.41) is 4.71. The molecule has 1 heterocycles. The van der Waals surface area contributed by atoms with E-state index in [2.05, 4.69) is 26.2 Å². The number of carbonyl (C=O) groups excluding carboxylic acids is 1. The van der Waals surface area contributed by atoms with Crippen LogP contribution in [0, 0.1) is 5.82 Å². The summed E-state index contributed by atoms with van der Waals surface area (Å²) in [4.78, 5) is 15.8. The Morgan fingerprint density at radius 2 is 2.33 bits per heavy atom. The molecule has 0 saturated heterocycles. The number of thiazole rings is 1. The number of nitrogens with two attached hydrogens (primary N) is 1. The van der Waals surface area contributed by atoms with Crippen LogP contribution in [0.3, 0.4) is 0 Å². The second kappa shape index (κ2) is 5.55. The molecule has 0 aliphatic rings. The molecule has 0 saturated carbocycles. The Morgan fingerprint density at radius 3 is 2.94 bits per heavy atom. The van der Waals surface area contributed by atoms with E-state index in [0.717, 1.165) is 0 Å². The molecule has 1 amide bonds. The number of hydrogen-bond acceptors (Lipinski definition) is 4. The smallest absolute Gasteiger partial charge is 0.275 e. The molecule has 0 spiro atoms. The topological polar surface area (TPSA) is 68.0 Å². The molecule has 7 heteroatoms. The summed E-state index contributed by atoms with van der Waals surface area (Å²) < 4.78 is 14.1. The number of nitrogens with zero attached hydrogens (tertiary/aromatic N) is 1. The predicted octanol–water partition coefficient (Wildman–Crippen LogP) is 2.76. The van der Waals surface area contributed by atoms with E-state index in [1.54, 1.807) is 11.4 Å². The van der Waals surface area contributed by atoms with Gasteiger partial charge >= 0.3 is 0 Å². The van der Waals surface area contributed by atoms with Gasteiger partial charge in [0.25, 0.3) is 5.91 Å². The highest BCUT2D eigenvalue weighted by Crippen LogP contribution is 2.20. The zero-order valence-corrected chi connectivity index (χ0v) is 11.5. The van der Waals surface area contributed by atoms with Crippen molar-refractivity contribution in [1.29, 1.82) is 0 Å². The fourth-order valence-electron chi connectivity index (χ4n) is 1.29. The van der Waals surface area contributed by atoms with E-state index in [-0.39, 0.29) is 17.9 Å². The molecule has 0 aliphatic heterocycles. The lowest BCUT2D eigenvalue weighted by Gasteiger charge is -2.04. The van der Waals surface area contributed by atoms with Gasteiger partial charge in [0.2, 0.25) is 0 Å². The van der Waals surface area contributed by atoms with Gasteiger partial charge in [-0.15, -0.1) is 11.3 Å². The van der Waals surface area contributed by atoms with E-state index in [1.807, 2.05) is 0 Å². The highest BCUT2D eigenvalue weighted by atomic mass is 79.9. The number of amides is 1. The maximum Gasteiger partial charge on any atom is 0.275 e. The molecule has 0 atom stereocenters. The Kier molecular flexibility index (Phi) is 4.05. The van der Waals surface area contributed by atoms with Crippen LogP contribution in [0.25, 0.3) is 0 Å². The van der Waals surface area contributed by atoms with Crippen molar-refractivity contribution in [2.45, 2.75) is 6.54 Å². The number of carbonyl (C=O) groups is 1.